The molecule has 0 radical (unpaired) electrons. The van der Waals surface area contributed by atoms with Gasteiger partial charge in [0, 0.05) is 19.3 Å². The van der Waals surface area contributed by atoms with Gasteiger partial charge in [-0.1, -0.05) is 12.8 Å². The number of carbonyl (C=O) groups excluding carboxylic acids is 1. The lowest BCUT2D eigenvalue weighted by Gasteiger charge is -2.11. The molecular weight excluding hydrogens is 268 g/mol. The molecule has 1 aromatic rings. The first kappa shape index (κ1) is 14.0. The summed E-state index contributed by atoms with van der Waals surface area (Å²) in [5.41, 5.74) is 0. The van der Waals surface area contributed by atoms with E-state index < -0.39 is 10.0 Å². The van der Waals surface area contributed by atoms with Crippen molar-refractivity contribution in [3.8, 4) is 0 Å². The van der Waals surface area contributed by atoms with Crippen LogP contribution in [0.25, 0.3) is 0 Å². The fourth-order valence-corrected chi connectivity index (χ4v) is 3.07. The maximum Gasteiger partial charge on any atom is 0.260 e. The Hall–Kier alpha value is -1.41. The van der Waals surface area contributed by atoms with Crippen molar-refractivity contribution in [3.63, 3.8) is 0 Å². The number of amides is 1. The van der Waals surface area contributed by atoms with E-state index in [1.165, 1.54) is 17.1 Å². The molecule has 0 saturated heterocycles. The number of hydrogen-bond donors (Lipinski definition) is 2. The molecule has 0 bridgehead atoms. The number of sulfonamides is 1. The fraction of sp³-hybridized carbons (Fsp3) is 0.636. The van der Waals surface area contributed by atoms with Crippen LogP contribution in [0.5, 0.6) is 0 Å². The molecule has 106 valence electrons. The van der Waals surface area contributed by atoms with E-state index in [-0.39, 0.29) is 23.5 Å². The van der Waals surface area contributed by atoms with Gasteiger partial charge in [-0.15, -0.1) is 0 Å². The zero-order valence-electron chi connectivity index (χ0n) is 10.8. The van der Waals surface area contributed by atoms with Crippen molar-refractivity contribution in [1.29, 1.82) is 0 Å². The van der Waals surface area contributed by atoms with E-state index in [4.69, 9.17) is 0 Å². The van der Waals surface area contributed by atoms with Gasteiger partial charge < -0.3 is 9.88 Å². The Morgan fingerprint density at radius 1 is 1.47 bits per heavy atom. The average Bonchev–Trinajstić information content (AvgIpc) is 2.98. The second-order valence-corrected chi connectivity index (χ2v) is 6.46. The summed E-state index contributed by atoms with van der Waals surface area (Å²) < 4.78 is 27.4. The Kier molecular flexibility index (Phi) is 4.20. The Morgan fingerprint density at radius 2 is 2.16 bits per heavy atom. The van der Waals surface area contributed by atoms with Gasteiger partial charge in [0.2, 0.25) is 5.91 Å². The van der Waals surface area contributed by atoms with Crippen molar-refractivity contribution in [3.05, 3.63) is 12.5 Å². The van der Waals surface area contributed by atoms with Crippen LogP contribution >= 0.6 is 0 Å². The second kappa shape index (κ2) is 5.70. The Balaban J connectivity index is 1.85. The van der Waals surface area contributed by atoms with E-state index in [0.717, 1.165) is 25.7 Å². The van der Waals surface area contributed by atoms with Gasteiger partial charge in [-0.25, -0.2) is 18.1 Å². The summed E-state index contributed by atoms with van der Waals surface area (Å²) in [6.45, 7) is -0.255. The largest absolute Gasteiger partial charge is 0.352 e. The van der Waals surface area contributed by atoms with Gasteiger partial charge in [0.15, 0.2) is 5.03 Å². The van der Waals surface area contributed by atoms with Gasteiger partial charge in [-0.2, -0.15) is 0 Å². The van der Waals surface area contributed by atoms with Crippen LogP contribution in [0.4, 0.5) is 0 Å². The third-order valence-corrected chi connectivity index (χ3v) is 4.39. The summed E-state index contributed by atoms with van der Waals surface area (Å²) in [6, 6.07) is 0.187. The molecule has 0 atom stereocenters. The number of aryl methyl sites for hydroxylation is 1. The molecule has 2 N–H and O–H groups in total. The van der Waals surface area contributed by atoms with Crippen LogP contribution in [0.15, 0.2) is 17.6 Å². The number of carbonyl (C=O) groups is 1. The van der Waals surface area contributed by atoms with Crippen LogP contribution in [-0.4, -0.2) is 36.5 Å². The smallest absolute Gasteiger partial charge is 0.260 e. The van der Waals surface area contributed by atoms with E-state index in [9.17, 15) is 13.2 Å². The minimum absolute atomic E-state index is 0.0799. The molecule has 1 aliphatic rings. The minimum Gasteiger partial charge on any atom is -0.352 e. The molecule has 0 spiro atoms. The first-order valence-electron chi connectivity index (χ1n) is 6.24. The third kappa shape index (κ3) is 3.77. The summed E-state index contributed by atoms with van der Waals surface area (Å²) >= 11 is 0. The molecule has 1 aliphatic carbocycles. The molecule has 0 unspecified atom stereocenters. The Labute approximate surface area is 112 Å². The quantitative estimate of drug-likeness (QED) is 0.781. The lowest BCUT2D eigenvalue weighted by atomic mass is 10.2. The summed E-state index contributed by atoms with van der Waals surface area (Å²) in [5.74, 6) is -0.300. The predicted octanol–water partition coefficient (Wildman–Crippen LogP) is -0.243. The molecular formula is C11H18N4O3S. The molecule has 0 aliphatic heterocycles. The Morgan fingerprint density at radius 3 is 2.74 bits per heavy atom. The van der Waals surface area contributed by atoms with Gasteiger partial charge in [-0.05, 0) is 12.8 Å². The van der Waals surface area contributed by atoms with Crippen LogP contribution in [0, 0.1) is 0 Å². The van der Waals surface area contributed by atoms with Gasteiger partial charge in [0.1, 0.15) is 0 Å². The summed E-state index contributed by atoms with van der Waals surface area (Å²) in [5, 5.41) is 2.74. The molecule has 2 rings (SSSR count). The van der Waals surface area contributed by atoms with Gasteiger partial charge in [0.05, 0.1) is 12.9 Å². The number of nitrogens with one attached hydrogen (secondary N) is 2. The Bertz CT molecular complexity index is 546. The molecule has 19 heavy (non-hydrogen) atoms. The molecule has 1 heterocycles. The highest BCUT2D eigenvalue weighted by atomic mass is 32.2. The highest BCUT2D eigenvalue weighted by molar-refractivity contribution is 7.89. The maximum atomic E-state index is 11.8. The number of rotatable bonds is 5. The monoisotopic (exact) mass is 286 g/mol. The van der Waals surface area contributed by atoms with Crippen molar-refractivity contribution in [1.82, 2.24) is 19.6 Å². The van der Waals surface area contributed by atoms with Crippen molar-refractivity contribution >= 4 is 15.9 Å². The molecule has 1 amide bonds. The van der Waals surface area contributed by atoms with E-state index in [2.05, 4.69) is 15.0 Å². The lowest BCUT2D eigenvalue weighted by Crippen LogP contribution is -2.41. The van der Waals surface area contributed by atoms with Crippen LogP contribution in [0.2, 0.25) is 0 Å². The van der Waals surface area contributed by atoms with Crippen LogP contribution < -0.4 is 10.0 Å². The molecule has 8 heteroatoms. The van der Waals surface area contributed by atoms with E-state index in [0.29, 0.717) is 0 Å². The normalized spacial score (nSPS) is 16.7. The predicted molar refractivity (Wildman–Crippen MR) is 68.8 cm³/mol. The molecule has 0 aromatic carbocycles. The van der Waals surface area contributed by atoms with Gasteiger partial charge in [-0.3, -0.25) is 4.79 Å². The first-order valence-corrected chi connectivity index (χ1v) is 7.73. The first-order chi connectivity index (χ1) is 8.97. The fourth-order valence-electron chi connectivity index (χ4n) is 2.11. The summed E-state index contributed by atoms with van der Waals surface area (Å²) in [6.07, 6.45) is 6.96. The number of imidazole rings is 1. The highest BCUT2D eigenvalue weighted by Crippen LogP contribution is 2.17. The topological polar surface area (TPSA) is 93.1 Å². The van der Waals surface area contributed by atoms with Crippen LogP contribution in [0.3, 0.4) is 0 Å². The van der Waals surface area contributed by atoms with Crippen molar-refractivity contribution in [2.24, 2.45) is 7.05 Å². The highest BCUT2D eigenvalue weighted by Gasteiger charge is 2.20. The van der Waals surface area contributed by atoms with E-state index >= 15 is 0 Å². The molecule has 1 saturated carbocycles. The van der Waals surface area contributed by atoms with Crippen molar-refractivity contribution < 1.29 is 13.2 Å². The number of nitrogens with zero attached hydrogens (tertiary/aromatic N) is 2. The second-order valence-electron chi connectivity index (χ2n) is 4.75. The SMILES string of the molecule is Cn1cnc(S(=O)(=O)NCC(=O)NC2CCCC2)c1. The van der Waals surface area contributed by atoms with Gasteiger partial charge >= 0.3 is 0 Å². The summed E-state index contributed by atoms with van der Waals surface area (Å²) in [7, 11) is -2.03. The zero-order chi connectivity index (χ0) is 13.9. The van der Waals surface area contributed by atoms with E-state index in [1.807, 2.05) is 0 Å². The van der Waals surface area contributed by atoms with Crippen molar-refractivity contribution in [2.45, 2.75) is 36.8 Å². The minimum atomic E-state index is -3.71. The number of hydrogen-bond acceptors (Lipinski definition) is 4. The summed E-state index contributed by atoms with van der Waals surface area (Å²) in [4.78, 5) is 15.4. The maximum absolute atomic E-state index is 11.8. The average molecular weight is 286 g/mol. The molecule has 1 aromatic heterocycles. The van der Waals surface area contributed by atoms with E-state index in [1.54, 1.807) is 7.05 Å². The zero-order valence-corrected chi connectivity index (χ0v) is 11.6. The van der Waals surface area contributed by atoms with Crippen LogP contribution in [0.1, 0.15) is 25.7 Å². The number of aromatic nitrogens is 2. The van der Waals surface area contributed by atoms with Crippen LogP contribution in [-0.2, 0) is 21.9 Å². The molecule has 7 nitrogen and oxygen atoms in total. The standard InChI is InChI=1S/C11H18N4O3S/c1-15-7-11(12-8-15)19(17,18)13-6-10(16)14-9-4-2-3-5-9/h7-9,13H,2-6H2,1H3,(H,14,16). The molecule has 1 fully saturated rings. The third-order valence-electron chi connectivity index (χ3n) is 3.10. The van der Waals surface area contributed by atoms with Crippen molar-refractivity contribution in [2.75, 3.05) is 6.54 Å². The lowest BCUT2D eigenvalue weighted by molar-refractivity contribution is -0.120. The van der Waals surface area contributed by atoms with Gasteiger partial charge in [0.25, 0.3) is 10.0 Å².